The van der Waals surface area contributed by atoms with Crippen LogP contribution in [-0.4, -0.2) is 14.2 Å². The summed E-state index contributed by atoms with van der Waals surface area (Å²) in [4.78, 5) is 12.6. The van der Waals surface area contributed by atoms with E-state index in [4.69, 9.17) is 26.3 Å². The van der Waals surface area contributed by atoms with Gasteiger partial charge in [-0.2, -0.15) is 8.42 Å². The topological polar surface area (TPSA) is 95.7 Å². The molecular weight excluding hydrogens is 378 g/mol. The average Bonchev–Trinajstić information content (AvgIpc) is 2.90. The summed E-state index contributed by atoms with van der Waals surface area (Å²) in [6.07, 6.45) is -1.07. The molecule has 0 bridgehead atoms. The van der Waals surface area contributed by atoms with Crippen molar-refractivity contribution in [3.8, 4) is 0 Å². The van der Waals surface area contributed by atoms with Gasteiger partial charge in [-0.3, -0.25) is 4.79 Å². The maximum atomic E-state index is 12.6. The molecule has 6 nitrogen and oxygen atoms in total. The van der Waals surface area contributed by atoms with Crippen LogP contribution in [0, 0.1) is 0 Å². The van der Waals surface area contributed by atoms with Crippen molar-refractivity contribution in [1.29, 1.82) is 0 Å². The van der Waals surface area contributed by atoms with E-state index in [0.29, 0.717) is 16.1 Å². The summed E-state index contributed by atoms with van der Waals surface area (Å²) in [6.45, 7) is 1.47. The van der Waals surface area contributed by atoms with Gasteiger partial charge < -0.3 is 14.7 Å². The Labute approximate surface area is 156 Å². The number of carbonyl (C=O) groups is 1. The maximum absolute atomic E-state index is 12.6. The van der Waals surface area contributed by atoms with E-state index in [-0.39, 0.29) is 5.88 Å². The lowest BCUT2D eigenvalue weighted by Crippen LogP contribution is -2.18. The molecule has 26 heavy (non-hydrogen) atoms. The van der Waals surface area contributed by atoms with Crippen LogP contribution in [0.4, 0.5) is 0 Å². The third kappa shape index (κ3) is 3.54. The minimum absolute atomic E-state index is 0.362. The van der Waals surface area contributed by atoms with E-state index in [0.717, 1.165) is 0 Å². The minimum atomic E-state index is -4.13. The number of hydrogen-bond acceptors (Lipinski definition) is 6. The van der Waals surface area contributed by atoms with Gasteiger partial charge in [0.1, 0.15) is 5.25 Å². The van der Waals surface area contributed by atoms with Gasteiger partial charge in [-0.25, -0.2) is 0 Å². The second kappa shape index (κ2) is 7.01. The summed E-state index contributed by atoms with van der Waals surface area (Å²) in [5, 5.41) is -0.484. The fraction of sp³-hybridized carbons (Fsp3) is 0.167. The van der Waals surface area contributed by atoms with Crippen LogP contribution in [-0.2, 0) is 23.8 Å². The standard InChI is InChI=1S/C18H16ClNO5S/c1-11(12-5-3-2-4-6-12)26(22,23)25-17-15(21)16(24-18(17)20)13-7-9-14(19)10-8-13/h2-11,16H,20H2,1H3. The maximum Gasteiger partial charge on any atom is 0.316 e. The van der Waals surface area contributed by atoms with Crippen LogP contribution in [0.1, 0.15) is 29.4 Å². The van der Waals surface area contributed by atoms with E-state index in [1.54, 1.807) is 54.6 Å². The summed E-state index contributed by atoms with van der Waals surface area (Å²) < 4.78 is 35.4. The first kappa shape index (κ1) is 18.3. The highest BCUT2D eigenvalue weighted by Gasteiger charge is 2.40. The SMILES string of the molecule is CC(c1ccccc1)S(=O)(=O)OC1=C(N)OC(c2ccc(Cl)cc2)C1=O. The van der Waals surface area contributed by atoms with Gasteiger partial charge in [0.2, 0.25) is 17.4 Å². The molecule has 1 heterocycles. The van der Waals surface area contributed by atoms with Gasteiger partial charge in [0, 0.05) is 10.6 Å². The Kier molecular flexibility index (Phi) is 4.93. The predicted molar refractivity (Wildman–Crippen MR) is 96.4 cm³/mol. The van der Waals surface area contributed by atoms with Gasteiger partial charge in [0.15, 0.2) is 6.10 Å². The summed E-state index contributed by atoms with van der Waals surface area (Å²) in [7, 11) is -4.13. The molecule has 0 radical (unpaired) electrons. The molecule has 0 saturated carbocycles. The molecule has 2 atom stereocenters. The lowest BCUT2D eigenvalue weighted by molar-refractivity contribution is -0.123. The molecule has 0 aliphatic carbocycles. The number of nitrogens with two attached hydrogens (primary N) is 1. The number of ether oxygens (including phenoxy) is 1. The van der Waals surface area contributed by atoms with Crippen molar-refractivity contribution in [3.63, 3.8) is 0 Å². The van der Waals surface area contributed by atoms with Crippen molar-refractivity contribution < 1.29 is 22.1 Å². The molecule has 0 amide bonds. The van der Waals surface area contributed by atoms with Crippen LogP contribution in [0.15, 0.2) is 66.2 Å². The molecule has 1 aliphatic rings. The van der Waals surface area contributed by atoms with Crippen molar-refractivity contribution in [2.75, 3.05) is 0 Å². The first-order valence-electron chi connectivity index (χ1n) is 7.74. The molecule has 3 rings (SSSR count). The Morgan fingerprint density at radius 2 is 1.73 bits per heavy atom. The fourth-order valence-electron chi connectivity index (χ4n) is 2.49. The lowest BCUT2D eigenvalue weighted by Gasteiger charge is -2.14. The van der Waals surface area contributed by atoms with Gasteiger partial charge in [0.25, 0.3) is 0 Å². The van der Waals surface area contributed by atoms with Crippen LogP contribution < -0.4 is 5.73 Å². The van der Waals surface area contributed by atoms with Crippen LogP contribution in [0.2, 0.25) is 5.02 Å². The number of benzene rings is 2. The van der Waals surface area contributed by atoms with E-state index in [1.807, 2.05) is 0 Å². The zero-order valence-electron chi connectivity index (χ0n) is 13.8. The van der Waals surface area contributed by atoms with Crippen molar-refractivity contribution in [2.45, 2.75) is 18.3 Å². The number of rotatable bonds is 5. The summed E-state index contributed by atoms with van der Waals surface area (Å²) in [5.41, 5.74) is 6.72. The van der Waals surface area contributed by atoms with Gasteiger partial charge in [-0.15, -0.1) is 0 Å². The molecule has 0 spiro atoms. The summed E-state index contributed by atoms with van der Waals surface area (Å²) in [6, 6.07) is 14.9. The normalized spacial score (nSPS) is 18.5. The summed E-state index contributed by atoms with van der Waals surface area (Å²) >= 11 is 5.83. The number of ketones is 1. The Balaban J connectivity index is 1.82. The van der Waals surface area contributed by atoms with Crippen LogP contribution in [0.3, 0.4) is 0 Å². The van der Waals surface area contributed by atoms with E-state index in [9.17, 15) is 13.2 Å². The molecule has 8 heteroatoms. The molecule has 2 aromatic carbocycles. The Bertz CT molecular complexity index is 955. The van der Waals surface area contributed by atoms with Crippen LogP contribution >= 0.6 is 11.6 Å². The zero-order valence-corrected chi connectivity index (χ0v) is 15.3. The van der Waals surface area contributed by atoms with Crippen LogP contribution in [0.25, 0.3) is 0 Å². The second-order valence-corrected chi connectivity index (χ2v) is 8.03. The highest BCUT2D eigenvalue weighted by molar-refractivity contribution is 7.87. The second-order valence-electron chi connectivity index (χ2n) is 5.74. The Hall–Kier alpha value is -2.51. The first-order valence-corrected chi connectivity index (χ1v) is 9.59. The Morgan fingerprint density at radius 1 is 1.12 bits per heavy atom. The van der Waals surface area contributed by atoms with Gasteiger partial charge in [-0.05, 0) is 24.6 Å². The van der Waals surface area contributed by atoms with Crippen LogP contribution in [0.5, 0.6) is 0 Å². The van der Waals surface area contributed by atoms with E-state index >= 15 is 0 Å². The van der Waals surface area contributed by atoms with E-state index < -0.39 is 33.0 Å². The Morgan fingerprint density at radius 3 is 2.35 bits per heavy atom. The summed E-state index contributed by atoms with van der Waals surface area (Å²) in [5.74, 6) is -1.53. The number of hydrogen-bond donors (Lipinski definition) is 1. The van der Waals surface area contributed by atoms with Crippen molar-refractivity contribution >= 4 is 27.5 Å². The molecule has 0 aromatic heterocycles. The van der Waals surface area contributed by atoms with E-state index in [2.05, 4.69) is 0 Å². The van der Waals surface area contributed by atoms with Crippen molar-refractivity contribution in [3.05, 3.63) is 82.4 Å². The molecule has 0 saturated heterocycles. The third-order valence-corrected chi connectivity index (χ3v) is 5.79. The number of carbonyl (C=O) groups excluding carboxylic acids is 1. The first-order chi connectivity index (χ1) is 12.3. The molecule has 2 unspecified atom stereocenters. The quantitative estimate of drug-likeness (QED) is 0.783. The van der Waals surface area contributed by atoms with Gasteiger partial charge in [-0.1, -0.05) is 54.1 Å². The predicted octanol–water partition coefficient (Wildman–Crippen LogP) is 3.22. The number of halogens is 1. The molecule has 0 fully saturated rings. The molecule has 1 aliphatic heterocycles. The average molecular weight is 394 g/mol. The number of Topliss-reactive ketones (excluding diaryl/α,β-unsaturated/α-hetero) is 1. The highest BCUT2D eigenvalue weighted by Crippen LogP contribution is 2.35. The smallest absolute Gasteiger partial charge is 0.316 e. The van der Waals surface area contributed by atoms with Crippen molar-refractivity contribution in [1.82, 2.24) is 0 Å². The largest absolute Gasteiger partial charge is 0.460 e. The third-order valence-electron chi connectivity index (χ3n) is 4.00. The molecular formula is C18H16ClNO5S. The zero-order chi connectivity index (χ0) is 18.9. The van der Waals surface area contributed by atoms with E-state index in [1.165, 1.54) is 6.92 Å². The monoisotopic (exact) mass is 393 g/mol. The van der Waals surface area contributed by atoms with Gasteiger partial charge >= 0.3 is 10.1 Å². The fourth-order valence-corrected chi connectivity index (χ4v) is 3.65. The van der Waals surface area contributed by atoms with Crippen molar-refractivity contribution in [2.24, 2.45) is 5.73 Å². The highest BCUT2D eigenvalue weighted by atomic mass is 35.5. The van der Waals surface area contributed by atoms with Gasteiger partial charge in [0.05, 0.1) is 0 Å². The molecule has 136 valence electrons. The molecule has 2 N–H and O–H groups in total. The lowest BCUT2D eigenvalue weighted by atomic mass is 10.1. The molecule has 2 aromatic rings. The minimum Gasteiger partial charge on any atom is -0.460 e.